The highest BCUT2D eigenvalue weighted by atomic mass is 35.5. The Morgan fingerprint density at radius 2 is 2.19 bits per heavy atom. The van der Waals surface area contributed by atoms with Crippen LogP contribution in [0.1, 0.15) is 30.1 Å². The summed E-state index contributed by atoms with van der Waals surface area (Å²) in [5.74, 6) is 0.392. The van der Waals surface area contributed by atoms with Gasteiger partial charge in [0.25, 0.3) is 5.69 Å². The van der Waals surface area contributed by atoms with Crippen molar-refractivity contribution in [2.24, 2.45) is 5.92 Å². The second-order valence-corrected chi connectivity index (χ2v) is 5.84. The van der Waals surface area contributed by atoms with Gasteiger partial charge in [0.15, 0.2) is 0 Å². The predicted octanol–water partition coefficient (Wildman–Crippen LogP) is 3.54. The molecule has 1 aliphatic rings. The summed E-state index contributed by atoms with van der Waals surface area (Å²) >= 11 is 6.09. The van der Waals surface area contributed by atoms with Crippen molar-refractivity contribution >= 4 is 17.3 Å². The minimum Gasteiger partial charge on any atom is -0.388 e. The van der Waals surface area contributed by atoms with E-state index in [1.165, 1.54) is 12.1 Å². The Bertz CT molecular complexity index is 679. The van der Waals surface area contributed by atoms with Gasteiger partial charge < -0.3 is 9.67 Å². The van der Waals surface area contributed by atoms with Crippen LogP contribution in [0.4, 0.5) is 5.69 Å². The van der Waals surface area contributed by atoms with Crippen molar-refractivity contribution in [3.05, 3.63) is 62.9 Å². The Kier molecular flexibility index (Phi) is 3.69. The molecule has 0 amide bonds. The number of hydrogen-bond donors (Lipinski definition) is 1. The van der Waals surface area contributed by atoms with E-state index in [1.807, 2.05) is 23.0 Å². The summed E-state index contributed by atoms with van der Waals surface area (Å²) < 4.78 is 1.92. The normalized spacial score (nSPS) is 15.9. The van der Waals surface area contributed by atoms with Crippen molar-refractivity contribution in [3.63, 3.8) is 0 Å². The zero-order valence-electron chi connectivity index (χ0n) is 11.3. The third-order valence-corrected chi connectivity index (χ3v) is 4.14. The van der Waals surface area contributed by atoms with E-state index >= 15 is 0 Å². The third-order valence-electron chi connectivity index (χ3n) is 3.78. The molecule has 6 heteroatoms. The van der Waals surface area contributed by atoms with E-state index in [9.17, 15) is 15.2 Å². The van der Waals surface area contributed by atoms with E-state index in [0.29, 0.717) is 17.5 Å². The van der Waals surface area contributed by atoms with Gasteiger partial charge in [0.05, 0.1) is 16.0 Å². The summed E-state index contributed by atoms with van der Waals surface area (Å²) in [5, 5.41) is 21.1. The lowest BCUT2D eigenvalue weighted by Gasteiger charge is -2.07. The quantitative estimate of drug-likeness (QED) is 0.678. The minimum atomic E-state index is -0.463. The summed E-state index contributed by atoms with van der Waals surface area (Å²) in [7, 11) is 0. The van der Waals surface area contributed by atoms with Crippen LogP contribution in [-0.2, 0) is 6.54 Å². The molecule has 1 aromatic heterocycles. The number of halogens is 1. The third kappa shape index (κ3) is 3.09. The maximum Gasteiger partial charge on any atom is 0.270 e. The number of aliphatic hydroxyl groups excluding tert-OH is 1. The van der Waals surface area contributed by atoms with Crippen LogP contribution in [0.25, 0.3) is 0 Å². The molecule has 0 radical (unpaired) electrons. The molecule has 2 aromatic rings. The molecule has 110 valence electrons. The number of rotatable bonds is 5. The smallest absolute Gasteiger partial charge is 0.270 e. The molecule has 0 saturated heterocycles. The number of aliphatic hydroxyl groups is 1. The molecule has 1 atom stereocenters. The molecule has 0 bridgehead atoms. The summed E-state index contributed by atoms with van der Waals surface area (Å²) in [5.41, 5.74) is 1.71. The molecule has 1 N–H and O–H groups in total. The molecule has 1 aromatic carbocycles. The van der Waals surface area contributed by atoms with Gasteiger partial charge in [-0.1, -0.05) is 11.6 Å². The molecule has 1 fully saturated rings. The van der Waals surface area contributed by atoms with E-state index < -0.39 is 11.0 Å². The number of nitrogens with zero attached hydrogens (tertiary/aromatic N) is 2. The van der Waals surface area contributed by atoms with Crippen molar-refractivity contribution in [1.82, 2.24) is 4.57 Å². The minimum absolute atomic E-state index is 0.0129. The number of non-ortho nitro benzene ring substituents is 1. The van der Waals surface area contributed by atoms with Crippen LogP contribution in [0.5, 0.6) is 0 Å². The Balaban J connectivity index is 1.75. The van der Waals surface area contributed by atoms with Gasteiger partial charge in [0, 0.05) is 31.1 Å². The fourth-order valence-corrected chi connectivity index (χ4v) is 2.63. The van der Waals surface area contributed by atoms with Gasteiger partial charge in [0.1, 0.15) is 0 Å². The van der Waals surface area contributed by atoms with Gasteiger partial charge in [-0.05, 0) is 42.0 Å². The largest absolute Gasteiger partial charge is 0.388 e. The Morgan fingerprint density at radius 1 is 1.43 bits per heavy atom. The molecule has 3 rings (SSSR count). The fourth-order valence-electron chi connectivity index (χ4n) is 2.39. The van der Waals surface area contributed by atoms with Crippen LogP contribution in [-0.4, -0.2) is 14.6 Å². The summed E-state index contributed by atoms with van der Waals surface area (Å²) in [4.78, 5) is 10.2. The highest BCUT2D eigenvalue weighted by Crippen LogP contribution is 2.40. The van der Waals surface area contributed by atoms with Crippen molar-refractivity contribution < 1.29 is 10.0 Å². The zero-order chi connectivity index (χ0) is 15.0. The first kappa shape index (κ1) is 14.1. The molecule has 1 unspecified atom stereocenters. The van der Waals surface area contributed by atoms with Gasteiger partial charge in [-0.15, -0.1) is 0 Å². The van der Waals surface area contributed by atoms with Crippen molar-refractivity contribution in [1.29, 1.82) is 0 Å². The molecular formula is C15H15ClN2O3. The molecule has 5 nitrogen and oxygen atoms in total. The van der Waals surface area contributed by atoms with Crippen LogP contribution < -0.4 is 0 Å². The van der Waals surface area contributed by atoms with Crippen LogP contribution in [0.3, 0.4) is 0 Å². The monoisotopic (exact) mass is 306 g/mol. The average molecular weight is 307 g/mol. The fraction of sp³-hybridized carbons (Fsp3) is 0.333. The average Bonchev–Trinajstić information content (AvgIpc) is 3.20. The lowest BCUT2D eigenvalue weighted by Crippen LogP contribution is -2.00. The molecule has 1 aliphatic carbocycles. The van der Waals surface area contributed by atoms with Crippen LogP contribution in [0.2, 0.25) is 5.02 Å². The van der Waals surface area contributed by atoms with E-state index in [4.69, 9.17) is 11.6 Å². The lowest BCUT2D eigenvalue weighted by molar-refractivity contribution is -0.384. The summed E-state index contributed by atoms with van der Waals surface area (Å²) in [6.45, 7) is 0.522. The first-order valence-electron chi connectivity index (χ1n) is 6.81. The Hall–Kier alpha value is -1.85. The summed E-state index contributed by atoms with van der Waals surface area (Å²) in [6.07, 6.45) is 5.57. The first-order valence-corrected chi connectivity index (χ1v) is 7.19. The van der Waals surface area contributed by atoms with Crippen LogP contribution in [0, 0.1) is 16.0 Å². The number of benzene rings is 1. The topological polar surface area (TPSA) is 68.3 Å². The van der Waals surface area contributed by atoms with Gasteiger partial charge >= 0.3 is 0 Å². The molecule has 1 heterocycles. The van der Waals surface area contributed by atoms with Gasteiger partial charge in [-0.3, -0.25) is 10.1 Å². The van der Waals surface area contributed by atoms with Crippen LogP contribution in [0.15, 0.2) is 36.7 Å². The van der Waals surface area contributed by atoms with Crippen molar-refractivity contribution in [3.8, 4) is 0 Å². The van der Waals surface area contributed by atoms with Gasteiger partial charge in [-0.2, -0.15) is 0 Å². The Morgan fingerprint density at radius 3 is 2.81 bits per heavy atom. The second-order valence-electron chi connectivity index (χ2n) is 5.43. The van der Waals surface area contributed by atoms with Crippen molar-refractivity contribution in [2.45, 2.75) is 25.5 Å². The SMILES string of the molecule is O=[N+]([O-])c1ccc(Cn2ccc(C(O)C3CC3)c2)c(Cl)c1. The second kappa shape index (κ2) is 5.50. The highest BCUT2D eigenvalue weighted by molar-refractivity contribution is 6.31. The maximum atomic E-state index is 10.7. The standard InChI is InChI=1S/C15H15ClN2O3/c16-14-7-13(18(20)21)4-3-11(14)8-17-6-5-12(9-17)15(19)10-1-2-10/h3-7,9-10,15,19H,1-2,8H2. The van der Waals surface area contributed by atoms with E-state index in [1.54, 1.807) is 6.07 Å². The van der Waals surface area contributed by atoms with E-state index in [-0.39, 0.29) is 5.69 Å². The van der Waals surface area contributed by atoms with E-state index in [2.05, 4.69) is 0 Å². The predicted molar refractivity (Wildman–Crippen MR) is 79.3 cm³/mol. The molecule has 0 aliphatic heterocycles. The number of nitro groups is 1. The molecule has 1 saturated carbocycles. The molecular weight excluding hydrogens is 292 g/mol. The number of aromatic nitrogens is 1. The highest BCUT2D eigenvalue weighted by Gasteiger charge is 2.31. The first-order chi connectivity index (χ1) is 10.0. The van der Waals surface area contributed by atoms with Crippen molar-refractivity contribution in [2.75, 3.05) is 0 Å². The lowest BCUT2D eigenvalue weighted by atomic mass is 10.1. The van der Waals surface area contributed by atoms with Gasteiger partial charge in [-0.25, -0.2) is 0 Å². The zero-order valence-corrected chi connectivity index (χ0v) is 12.0. The molecule has 0 spiro atoms. The molecule has 21 heavy (non-hydrogen) atoms. The number of hydrogen-bond acceptors (Lipinski definition) is 3. The van der Waals surface area contributed by atoms with E-state index in [0.717, 1.165) is 24.0 Å². The Labute approximate surface area is 126 Å². The van der Waals surface area contributed by atoms with Gasteiger partial charge in [0.2, 0.25) is 0 Å². The number of nitro benzene ring substituents is 1. The van der Waals surface area contributed by atoms with Crippen LogP contribution >= 0.6 is 11.6 Å². The summed E-state index contributed by atoms with van der Waals surface area (Å²) in [6, 6.07) is 6.38. The maximum absolute atomic E-state index is 10.7.